The molecule has 148 valence electrons. The van der Waals surface area contributed by atoms with E-state index in [-0.39, 0.29) is 11.3 Å². The highest BCUT2D eigenvalue weighted by atomic mass is 79.9. The first-order valence-electron chi connectivity index (χ1n) is 9.80. The summed E-state index contributed by atoms with van der Waals surface area (Å²) in [5.74, 6) is 0.0441. The lowest BCUT2D eigenvalue weighted by atomic mass is 9.87. The zero-order valence-electron chi connectivity index (χ0n) is 17.3. The van der Waals surface area contributed by atoms with Gasteiger partial charge in [0.2, 0.25) is 5.91 Å². The number of halogens is 1. The van der Waals surface area contributed by atoms with Gasteiger partial charge in [-0.3, -0.25) is 4.79 Å². The van der Waals surface area contributed by atoms with Crippen LogP contribution in [0.15, 0.2) is 53.1 Å². The molecule has 0 aliphatic heterocycles. The largest absolute Gasteiger partial charge is 0.352 e. The van der Waals surface area contributed by atoms with E-state index in [0.717, 1.165) is 21.0 Å². The van der Waals surface area contributed by atoms with Crippen molar-refractivity contribution in [2.45, 2.75) is 59.0 Å². The number of benzene rings is 2. The van der Waals surface area contributed by atoms with E-state index in [1.807, 2.05) is 6.07 Å². The molecule has 28 heavy (non-hydrogen) atoms. The van der Waals surface area contributed by atoms with Crippen LogP contribution in [0.4, 0.5) is 0 Å². The van der Waals surface area contributed by atoms with Gasteiger partial charge in [-0.25, -0.2) is 0 Å². The molecule has 4 heteroatoms. The summed E-state index contributed by atoms with van der Waals surface area (Å²) in [6.45, 7) is 11.5. The predicted octanol–water partition coefficient (Wildman–Crippen LogP) is 6.14. The Kier molecular flexibility index (Phi) is 5.99. The highest BCUT2D eigenvalue weighted by Gasteiger charge is 2.15. The normalized spacial score (nSPS) is 12.0. The maximum atomic E-state index is 12.6. The third kappa shape index (κ3) is 4.67. The Balaban J connectivity index is 1.71. The lowest BCUT2D eigenvalue weighted by Gasteiger charge is -2.19. The molecule has 0 radical (unpaired) electrons. The Hall–Kier alpha value is -2.07. The minimum atomic E-state index is 0.0441. The molecule has 1 heterocycles. The van der Waals surface area contributed by atoms with Gasteiger partial charge in [-0.15, -0.1) is 0 Å². The Labute approximate surface area is 176 Å². The van der Waals surface area contributed by atoms with Crippen LogP contribution in [-0.2, 0) is 23.2 Å². The molecule has 0 aliphatic rings. The summed E-state index contributed by atoms with van der Waals surface area (Å²) in [6.07, 6.45) is 2.49. The van der Waals surface area contributed by atoms with Crippen molar-refractivity contribution in [3.63, 3.8) is 0 Å². The molecule has 3 nitrogen and oxygen atoms in total. The zero-order valence-corrected chi connectivity index (χ0v) is 18.9. The number of carbonyl (C=O) groups is 1. The number of aromatic nitrogens is 1. The molecule has 1 N–H and O–H groups in total. The second kappa shape index (κ2) is 8.12. The van der Waals surface area contributed by atoms with Gasteiger partial charge in [-0.1, -0.05) is 61.0 Å². The topological polar surface area (TPSA) is 34.0 Å². The van der Waals surface area contributed by atoms with E-state index in [2.05, 4.69) is 103 Å². The van der Waals surface area contributed by atoms with Crippen molar-refractivity contribution in [1.29, 1.82) is 0 Å². The van der Waals surface area contributed by atoms with Crippen molar-refractivity contribution < 1.29 is 4.79 Å². The van der Waals surface area contributed by atoms with Gasteiger partial charge in [0.25, 0.3) is 0 Å². The van der Waals surface area contributed by atoms with Gasteiger partial charge >= 0.3 is 0 Å². The highest BCUT2D eigenvalue weighted by molar-refractivity contribution is 9.10. The molecule has 0 bridgehead atoms. The number of rotatable bonds is 5. The van der Waals surface area contributed by atoms with Crippen molar-refractivity contribution in [3.8, 4) is 0 Å². The summed E-state index contributed by atoms with van der Waals surface area (Å²) in [5.41, 5.74) is 4.79. The third-order valence-electron chi connectivity index (χ3n) is 5.09. The van der Waals surface area contributed by atoms with E-state index in [4.69, 9.17) is 0 Å². The van der Waals surface area contributed by atoms with Crippen LogP contribution in [0.3, 0.4) is 0 Å². The number of hydrogen-bond acceptors (Lipinski definition) is 1. The van der Waals surface area contributed by atoms with Gasteiger partial charge in [0, 0.05) is 34.2 Å². The van der Waals surface area contributed by atoms with Crippen molar-refractivity contribution in [3.05, 3.63) is 69.8 Å². The van der Waals surface area contributed by atoms with Crippen LogP contribution < -0.4 is 5.32 Å². The van der Waals surface area contributed by atoms with Crippen molar-refractivity contribution in [2.75, 3.05) is 0 Å². The Morgan fingerprint density at radius 3 is 2.39 bits per heavy atom. The van der Waals surface area contributed by atoms with Gasteiger partial charge < -0.3 is 9.88 Å². The van der Waals surface area contributed by atoms with E-state index in [1.165, 1.54) is 11.1 Å². The number of fused-ring (bicyclic) bond motifs is 1. The summed E-state index contributed by atoms with van der Waals surface area (Å²) < 4.78 is 3.26. The minimum absolute atomic E-state index is 0.0441. The number of amides is 1. The molecule has 0 spiro atoms. The summed E-state index contributed by atoms with van der Waals surface area (Å²) >= 11 is 3.55. The van der Waals surface area contributed by atoms with Crippen LogP contribution >= 0.6 is 15.9 Å². The molecule has 0 saturated carbocycles. The number of hydrogen-bond donors (Lipinski definition) is 1. The maximum Gasteiger partial charge on any atom is 0.224 e. The maximum absolute atomic E-state index is 12.6. The second-order valence-electron chi connectivity index (χ2n) is 8.72. The Morgan fingerprint density at radius 1 is 1.11 bits per heavy atom. The number of carbonyl (C=O) groups excluding carboxylic acids is 1. The first-order valence-corrected chi connectivity index (χ1v) is 10.6. The number of nitrogens with one attached hydrogen (secondary N) is 1. The van der Waals surface area contributed by atoms with Crippen molar-refractivity contribution in [1.82, 2.24) is 9.88 Å². The Bertz CT molecular complexity index is 978. The SMILES string of the molecule is CC(C)n1cc(CC(=O)NCc2ccc(C(C)(C)C)cc2)c2cc(Br)ccc21. The summed E-state index contributed by atoms with van der Waals surface area (Å²) in [4.78, 5) is 12.6. The fraction of sp³-hybridized carbons (Fsp3) is 0.375. The first-order chi connectivity index (χ1) is 13.1. The summed E-state index contributed by atoms with van der Waals surface area (Å²) in [5, 5.41) is 4.20. The van der Waals surface area contributed by atoms with Crippen molar-refractivity contribution in [2.24, 2.45) is 0 Å². The molecule has 3 aromatic rings. The van der Waals surface area contributed by atoms with E-state index in [0.29, 0.717) is 19.0 Å². The minimum Gasteiger partial charge on any atom is -0.352 e. The van der Waals surface area contributed by atoms with E-state index in [9.17, 15) is 4.79 Å². The third-order valence-corrected chi connectivity index (χ3v) is 5.59. The first kappa shape index (κ1) is 20.7. The van der Waals surface area contributed by atoms with E-state index >= 15 is 0 Å². The van der Waals surface area contributed by atoms with Crippen molar-refractivity contribution >= 4 is 32.7 Å². The molecule has 0 saturated heterocycles. The molecule has 0 atom stereocenters. The van der Waals surface area contributed by atoms with Gasteiger partial charge in [-0.2, -0.15) is 0 Å². The molecule has 0 fully saturated rings. The predicted molar refractivity (Wildman–Crippen MR) is 121 cm³/mol. The van der Waals surface area contributed by atoms with Gasteiger partial charge in [0.1, 0.15) is 0 Å². The van der Waals surface area contributed by atoms with Crippen LogP contribution in [0.5, 0.6) is 0 Å². The molecule has 1 amide bonds. The average molecular weight is 441 g/mol. The summed E-state index contributed by atoms with van der Waals surface area (Å²) in [6, 6.07) is 15.1. The fourth-order valence-corrected chi connectivity index (χ4v) is 3.79. The molecule has 1 aromatic heterocycles. The van der Waals surface area contributed by atoms with Gasteiger partial charge in [-0.05, 0) is 54.2 Å². The lowest BCUT2D eigenvalue weighted by molar-refractivity contribution is -0.120. The smallest absolute Gasteiger partial charge is 0.224 e. The quantitative estimate of drug-likeness (QED) is 0.507. The van der Waals surface area contributed by atoms with Gasteiger partial charge in [0.15, 0.2) is 0 Å². The molecule has 2 aromatic carbocycles. The molecule has 0 unspecified atom stereocenters. The zero-order chi connectivity index (χ0) is 20.5. The average Bonchev–Trinajstić information content (AvgIpc) is 2.97. The summed E-state index contributed by atoms with van der Waals surface area (Å²) in [7, 11) is 0. The van der Waals surface area contributed by atoms with Crippen LogP contribution in [0.25, 0.3) is 10.9 Å². The Morgan fingerprint density at radius 2 is 1.79 bits per heavy atom. The molecular weight excluding hydrogens is 412 g/mol. The van der Waals surface area contributed by atoms with Crippen LogP contribution in [0, 0.1) is 0 Å². The van der Waals surface area contributed by atoms with Gasteiger partial charge in [0.05, 0.1) is 6.42 Å². The van der Waals surface area contributed by atoms with Crippen LogP contribution in [0.2, 0.25) is 0 Å². The fourth-order valence-electron chi connectivity index (χ4n) is 3.42. The number of nitrogens with zero attached hydrogens (tertiary/aromatic N) is 1. The lowest BCUT2D eigenvalue weighted by Crippen LogP contribution is -2.24. The second-order valence-corrected chi connectivity index (χ2v) is 9.63. The van der Waals surface area contributed by atoms with Crippen LogP contribution in [0.1, 0.15) is 57.4 Å². The molecular formula is C24H29BrN2O. The highest BCUT2D eigenvalue weighted by Crippen LogP contribution is 2.28. The monoisotopic (exact) mass is 440 g/mol. The molecule has 3 rings (SSSR count). The van der Waals surface area contributed by atoms with E-state index < -0.39 is 0 Å². The van der Waals surface area contributed by atoms with E-state index in [1.54, 1.807) is 0 Å². The standard InChI is InChI=1S/C24H29BrN2O/c1-16(2)27-15-18(21-13-20(25)10-11-22(21)27)12-23(28)26-14-17-6-8-19(9-7-17)24(3,4)5/h6-11,13,15-16H,12,14H2,1-5H3,(H,26,28). The van der Waals surface area contributed by atoms with Crippen LogP contribution in [-0.4, -0.2) is 10.5 Å². The molecule has 0 aliphatic carbocycles.